The topological polar surface area (TPSA) is 6.48 Å². The lowest BCUT2D eigenvalue weighted by molar-refractivity contribution is 0.785. The van der Waals surface area contributed by atoms with Crippen molar-refractivity contribution in [2.75, 3.05) is 9.80 Å². The molecule has 0 aliphatic heterocycles. The molecule has 2 aliphatic rings. The van der Waals surface area contributed by atoms with Gasteiger partial charge in [0.2, 0.25) is 0 Å². The zero-order valence-corrected chi connectivity index (χ0v) is 29.1. The molecule has 0 saturated carbocycles. The molecule has 0 aromatic heterocycles. The second-order valence-corrected chi connectivity index (χ2v) is 13.6. The molecule has 0 N–H and O–H groups in total. The van der Waals surface area contributed by atoms with Crippen LogP contribution in [0.4, 0.5) is 28.4 Å². The second kappa shape index (κ2) is 14.1. The van der Waals surface area contributed by atoms with E-state index in [-0.39, 0.29) is 6.04 Å². The van der Waals surface area contributed by atoms with Gasteiger partial charge in [-0.2, -0.15) is 0 Å². The third-order valence-electron chi connectivity index (χ3n) is 10.4. The molecule has 2 nitrogen and oxygen atoms in total. The van der Waals surface area contributed by atoms with Crippen LogP contribution in [0.3, 0.4) is 0 Å². The van der Waals surface area contributed by atoms with E-state index in [9.17, 15) is 0 Å². The number of benzene rings is 7. The molecule has 0 heterocycles. The van der Waals surface area contributed by atoms with Crippen molar-refractivity contribution in [3.8, 4) is 22.3 Å². The number of rotatable bonds is 8. The monoisotopic (exact) mass is 668 g/mol. The maximum absolute atomic E-state index is 2.46. The molecule has 0 spiro atoms. The Kier molecular flexibility index (Phi) is 8.56. The fourth-order valence-electron chi connectivity index (χ4n) is 8.07. The first-order chi connectivity index (χ1) is 25.8. The molecule has 7 aromatic rings. The molecule has 1 atom stereocenters. The number of fused-ring (bicyclic) bond motifs is 2. The first kappa shape index (κ1) is 31.6. The Hall–Kier alpha value is -6.38. The Bertz CT molecular complexity index is 2370. The van der Waals surface area contributed by atoms with Gasteiger partial charge < -0.3 is 9.80 Å². The number of hydrogen-bond acceptors (Lipinski definition) is 2. The molecule has 0 saturated heterocycles. The number of allylic oxidation sites excluding steroid dienone is 3. The lowest BCUT2D eigenvalue weighted by Crippen LogP contribution is -2.29. The predicted octanol–water partition coefficient (Wildman–Crippen LogP) is 13.6. The molecule has 2 heteroatoms. The highest BCUT2D eigenvalue weighted by Gasteiger charge is 2.23. The van der Waals surface area contributed by atoms with Crippen LogP contribution < -0.4 is 9.80 Å². The molecule has 250 valence electrons. The smallest absolute Gasteiger partial charge is 0.0559 e. The minimum absolute atomic E-state index is 0.271. The van der Waals surface area contributed by atoms with Crippen LogP contribution in [0.15, 0.2) is 194 Å². The highest BCUT2D eigenvalue weighted by atomic mass is 15.2. The minimum atomic E-state index is 0.271. The van der Waals surface area contributed by atoms with E-state index in [4.69, 9.17) is 0 Å². The average molecular weight is 669 g/mol. The van der Waals surface area contributed by atoms with E-state index in [1.807, 2.05) is 0 Å². The quantitative estimate of drug-likeness (QED) is 0.159. The second-order valence-electron chi connectivity index (χ2n) is 13.6. The first-order valence-electron chi connectivity index (χ1n) is 18.4. The van der Waals surface area contributed by atoms with Gasteiger partial charge >= 0.3 is 0 Å². The summed E-state index contributed by atoms with van der Waals surface area (Å²) in [5, 5.41) is 2.59. The normalized spacial score (nSPS) is 14.7. The van der Waals surface area contributed by atoms with Gasteiger partial charge in [0.05, 0.1) is 6.04 Å². The molecule has 2 aliphatic carbocycles. The number of para-hydroxylation sites is 3. The maximum atomic E-state index is 2.46. The Morgan fingerprint density at radius 1 is 0.442 bits per heavy atom. The molecule has 7 aromatic carbocycles. The van der Waals surface area contributed by atoms with Crippen molar-refractivity contribution in [1.29, 1.82) is 0 Å². The summed E-state index contributed by atoms with van der Waals surface area (Å²) in [6, 6.07) is 59.7. The molecule has 0 radical (unpaired) electrons. The SMILES string of the molecule is C1=CCC(N(c2ccccc2)c2ccc(-c3c4c(c(-c5ccc(N(c6ccccc6)c6ccccc6)cc5)c5ccccc35)CCC=C4)cc2)C=C1. The molecule has 1 unspecified atom stereocenters. The number of anilines is 5. The summed E-state index contributed by atoms with van der Waals surface area (Å²) in [7, 11) is 0. The van der Waals surface area contributed by atoms with E-state index in [1.165, 1.54) is 55.5 Å². The molecular weight excluding hydrogens is 629 g/mol. The van der Waals surface area contributed by atoms with Crippen LogP contribution in [0.25, 0.3) is 39.1 Å². The van der Waals surface area contributed by atoms with Gasteiger partial charge in [-0.1, -0.05) is 140 Å². The van der Waals surface area contributed by atoms with Crippen LogP contribution in [0.1, 0.15) is 24.0 Å². The van der Waals surface area contributed by atoms with Gasteiger partial charge in [-0.15, -0.1) is 0 Å². The minimum Gasteiger partial charge on any atom is -0.334 e. The van der Waals surface area contributed by atoms with Crippen molar-refractivity contribution in [1.82, 2.24) is 0 Å². The fourth-order valence-corrected chi connectivity index (χ4v) is 8.07. The van der Waals surface area contributed by atoms with Crippen molar-refractivity contribution < 1.29 is 0 Å². The molecule has 52 heavy (non-hydrogen) atoms. The standard InChI is InChI=1S/C50H40N2/c1-5-17-39(18-6-1)51(40-19-7-2-8-20-40)43-33-29-37(30-34-43)49-45-25-13-15-27-47(45)50(48-28-16-14-26-46(48)49)38-31-35-44(36-32-38)52(41-21-9-3-10-22-41)42-23-11-4-12-24-42/h1-15,17-19,21-27,29-36,40H,16,20,28H2. The predicted molar refractivity (Wildman–Crippen MR) is 222 cm³/mol. The average Bonchev–Trinajstić information content (AvgIpc) is 3.22. The first-order valence-corrected chi connectivity index (χ1v) is 18.4. The zero-order valence-electron chi connectivity index (χ0n) is 29.1. The van der Waals surface area contributed by atoms with Crippen LogP contribution in [0.2, 0.25) is 0 Å². The van der Waals surface area contributed by atoms with Crippen LogP contribution in [0.5, 0.6) is 0 Å². The highest BCUT2D eigenvalue weighted by molar-refractivity contribution is 6.10. The van der Waals surface area contributed by atoms with Crippen LogP contribution in [0, 0.1) is 0 Å². The van der Waals surface area contributed by atoms with Gasteiger partial charge in [0.1, 0.15) is 0 Å². The highest BCUT2D eigenvalue weighted by Crippen LogP contribution is 2.46. The third-order valence-corrected chi connectivity index (χ3v) is 10.4. The van der Waals surface area contributed by atoms with Crippen LogP contribution in [-0.4, -0.2) is 6.04 Å². The van der Waals surface area contributed by atoms with Crippen molar-refractivity contribution >= 4 is 45.3 Å². The van der Waals surface area contributed by atoms with Gasteiger partial charge in [0, 0.05) is 28.4 Å². The Morgan fingerprint density at radius 3 is 1.54 bits per heavy atom. The molecule has 0 fully saturated rings. The summed E-state index contributed by atoms with van der Waals surface area (Å²) in [6.07, 6.45) is 16.6. The third kappa shape index (κ3) is 5.93. The van der Waals surface area contributed by atoms with E-state index >= 15 is 0 Å². The number of nitrogens with zero attached hydrogens (tertiary/aromatic N) is 2. The molecule has 9 rings (SSSR count). The molecule has 0 bridgehead atoms. The van der Waals surface area contributed by atoms with E-state index in [2.05, 4.69) is 210 Å². The zero-order chi connectivity index (χ0) is 34.7. The summed E-state index contributed by atoms with van der Waals surface area (Å²) in [4.78, 5) is 4.79. The van der Waals surface area contributed by atoms with Gasteiger partial charge in [0.25, 0.3) is 0 Å². The van der Waals surface area contributed by atoms with Gasteiger partial charge in [-0.05, 0) is 124 Å². The van der Waals surface area contributed by atoms with Crippen molar-refractivity contribution in [3.05, 3.63) is 205 Å². The largest absolute Gasteiger partial charge is 0.334 e. The van der Waals surface area contributed by atoms with Crippen LogP contribution >= 0.6 is 0 Å². The van der Waals surface area contributed by atoms with E-state index < -0.39 is 0 Å². The lowest BCUT2D eigenvalue weighted by atomic mass is 9.80. The Morgan fingerprint density at radius 2 is 0.942 bits per heavy atom. The van der Waals surface area contributed by atoms with E-state index in [1.54, 1.807) is 0 Å². The van der Waals surface area contributed by atoms with Crippen molar-refractivity contribution in [2.45, 2.75) is 25.3 Å². The van der Waals surface area contributed by atoms with Gasteiger partial charge in [-0.3, -0.25) is 0 Å². The maximum Gasteiger partial charge on any atom is 0.0559 e. The summed E-state index contributed by atoms with van der Waals surface area (Å²) in [5.74, 6) is 0. The van der Waals surface area contributed by atoms with Crippen molar-refractivity contribution in [3.63, 3.8) is 0 Å². The van der Waals surface area contributed by atoms with Gasteiger partial charge in [0.15, 0.2) is 0 Å². The fraction of sp³-hybridized carbons (Fsp3) is 0.0800. The Labute approximate surface area is 306 Å². The van der Waals surface area contributed by atoms with Gasteiger partial charge in [-0.25, -0.2) is 0 Å². The van der Waals surface area contributed by atoms with E-state index in [0.29, 0.717) is 0 Å². The van der Waals surface area contributed by atoms with Crippen molar-refractivity contribution in [2.24, 2.45) is 0 Å². The summed E-state index contributed by atoms with van der Waals surface area (Å²) < 4.78 is 0. The summed E-state index contributed by atoms with van der Waals surface area (Å²) in [5.41, 5.74) is 13.8. The number of hydrogen-bond donors (Lipinski definition) is 0. The summed E-state index contributed by atoms with van der Waals surface area (Å²) >= 11 is 0. The molecular formula is C50H40N2. The van der Waals surface area contributed by atoms with E-state index in [0.717, 1.165) is 36.3 Å². The molecule has 0 amide bonds. The van der Waals surface area contributed by atoms with Crippen LogP contribution in [-0.2, 0) is 6.42 Å². The summed E-state index contributed by atoms with van der Waals surface area (Å²) in [6.45, 7) is 0. The Balaban J connectivity index is 1.14. The lowest BCUT2D eigenvalue weighted by Gasteiger charge is -2.32.